The van der Waals surface area contributed by atoms with Gasteiger partial charge in [-0.15, -0.1) is 0 Å². The molecular formula is C21H25N2O4+. The second-order valence-corrected chi connectivity index (χ2v) is 6.55. The van der Waals surface area contributed by atoms with Crippen LogP contribution >= 0.6 is 0 Å². The molecule has 1 aliphatic heterocycles. The number of likely N-dealkylation sites (N-methyl/N-ethyl adjacent to an activating group) is 1. The molecule has 0 radical (unpaired) electrons. The Morgan fingerprint density at radius 2 is 2.00 bits per heavy atom. The van der Waals surface area contributed by atoms with E-state index in [0.29, 0.717) is 23.8 Å². The third kappa shape index (κ3) is 4.80. The van der Waals surface area contributed by atoms with Crippen molar-refractivity contribution in [3.63, 3.8) is 0 Å². The van der Waals surface area contributed by atoms with E-state index in [9.17, 15) is 4.79 Å². The van der Waals surface area contributed by atoms with Gasteiger partial charge in [-0.3, -0.25) is 4.79 Å². The smallest absolute Gasteiger partial charge is 0.282 e. The largest absolute Gasteiger partial charge is 0.490 e. The molecule has 0 saturated carbocycles. The van der Waals surface area contributed by atoms with E-state index in [2.05, 4.69) is 11.9 Å². The van der Waals surface area contributed by atoms with Gasteiger partial charge in [0, 0.05) is 17.3 Å². The molecule has 2 atom stereocenters. The van der Waals surface area contributed by atoms with Gasteiger partial charge < -0.3 is 24.4 Å². The Morgan fingerprint density at radius 3 is 2.74 bits per heavy atom. The van der Waals surface area contributed by atoms with Gasteiger partial charge in [-0.1, -0.05) is 12.7 Å². The summed E-state index contributed by atoms with van der Waals surface area (Å²) in [6, 6.07) is 13.1. The quantitative estimate of drug-likeness (QED) is 0.699. The van der Waals surface area contributed by atoms with Gasteiger partial charge in [-0.05, 0) is 43.3 Å². The third-order valence-electron chi connectivity index (χ3n) is 4.55. The van der Waals surface area contributed by atoms with E-state index in [1.54, 1.807) is 18.2 Å². The van der Waals surface area contributed by atoms with Crippen LogP contribution in [0.2, 0.25) is 0 Å². The first-order valence-electron chi connectivity index (χ1n) is 8.92. The van der Waals surface area contributed by atoms with E-state index in [0.717, 1.165) is 22.8 Å². The summed E-state index contributed by atoms with van der Waals surface area (Å²) in [4.78, 5) is 13.7. The fourth-order valence-electron chi connectivity index (χ4n) is 2.78. The van der Waals surface area contributed by atoms with Crippen molar-refractivity contribution < 1.29 is 23.9 Å². The van der Waals surface area contributed by atoms with Crippen LogP contribution in [-0.4, -0.2) is 32.4 Å². The summed E-state index contributed by atoms with van der Waals surface area (Å²) >= 11 is 0. The first-order valence-corrected chi connectivity index (χ1v) is 8.92. The number of carbonyl (C=O) groups excluding carboxylic acids is 1. The Hall–Kier alpha value is -2.99. The van der Waals surface area contributed by atoms with E-state index in [1.807, 2.05) is 44.3 Å². The van der Waals surface area contributed by atoms with Crippen molar-refractivity contribution in [2.75, 3.05) is 25.8 Å². The SMILES string of the molecule is C=CCOc1ccc(C[NH+](C)[C@@H](C)C(=O)Nc2ccc3c(c2)OCO3)cc1. The molecule has 6 nitrogen and oxygen atoms in total. The average molecular weight is 369 g/mol. The first kappa shape index (κ1) is 18.8. The van der Waals surface area contributed by atoms with Gasteiger partial charge in [-0.2, -0.15) is 0 Å². The number of amides is 1. The Kier molecular flexibility index (Phi) is 5.98. The molecule has 2 N–H and O–H groups in total. The highest BCUT2D eigenvalue weighted by molar-refractivity contribution is 5.93. The van der Waals surface area contributed by atoms with Crippen LogP contribution in [0.25, 0.3) is 0 Å². The summed E-state index contributed by atoms with van der Waals surface area (Å²) in [5.41, 5.74) is 1.84. The van der Waals surface area contributed by atoms with Crippen LogP contribution in [0, 0.1) is 0 Å². The molecule has 0 spiro atoms. The van der Waals surface area contributed by atoms with Crippen LogP contribution in [0.4, 0.5) is 5.69 Å². The topological polar surface area (TPSA) is 61.2 Å². The summed E-state index contributed by atoms with van der Waals surface area (Å²) in [5.74, 6) is 2.12. The fourth-order valence-corrected chi connectivity index (χ4v) is 2.78. The van der Waals surface area contributed by atoms with Crippen molar-refractivity contribution in [3.8, 4) is 17.2 Å². The molecule has 0 bridgehead atoms. The molecule has 1 heterocycles. The second-order valence-electron chi connectivity index (χ2n) is 6.55. The van der Waals surface area contributed by atoms with E-state index >= 15 is 0 Å². The Morgan fingerprint density at radius 1 is 1.26 bits per heavy atom. The van der Waals surface area contributed by atoms with Crippen LogP contribution in [0.1, 0.15) is 12.5 Å². The van der Waals surface area contributed by atoms with Gasteiger partial charge in [0.05, 0.1) is 7.05 Å². The average Bonchev–Trinajstić information content (AvgIpc) is 3.14. The number of carbonyl (C=O) groups is 1. The predicted octanol–water partition coefficient (Wildman–Crippen LogP) is 2.02. The minimum atomic E-state index is -0.216. The zero-order chi connectivity index (χ0) is 19.2. The standard InChI is InChI=1S/C21H24N2O4/c1-4-11-25-18-8-5-16(6-9-18)13-23(3)15(2)21(24)22-17-7-10-19-20(12-17)27-14-26-19/h4-10,12,15H,1,11,13-14H2,2-3H3,(H,22,24)/p+1/t15-/m0/s1. The van der Waals surface area contributed by atoms with Crippen molar-refractivity contribution >= 4 is 11.6 Å². The molecule has 0 aromatic heterocycles. The van der Waals surface area contributed by atoms with E-state index in [4.69, 9.17) is 14.2 Å². The molecule has 0 fully saturated rings. The number of anilines is 1. The van der Waals surface area contributed by atoms with Gasteiger partial charge in [0.25, 0.3) is 5.91 Å². The van der Waals surface area contributed by atoms with Gasteiger partial charge in [0.15, 0.2) is 17.5 Å². The highest BCUT2D eigenvalue weighted by Gasteiger charge is 2.23. The lowest BCUT2D eigenvalue weighted by molar-refractivity contribution is -0.907. The molecular weight excluding hydrogens is 344 g/mol. The number of hydrogen-bond donors (Lipinski definition) is 2. The molecule has 142 valence electrons. The number of benzene rings is 2. The second kappa shape index (κ2) is 8.60. The van der Waals surface area contributed by atoms with Crippen molar-refractivity contribution in [3.05, 3.63) is 60.7 Å². The number of quaternary nitrogens is 1. The Balaban J connectivity index is 1.55. The highest BCUT2D eigenvalue weighted by Crippen LogP contribution is 2.34. The number of nitrogens with one attached hydrogen (secondary N) is 2. The number of hydrogen-bond acceptors (Lipinski definition) is 4. The zero-order valence-corrected chi connectivity index (χ0v) is 15.7. The van der Waals surface area contributed by atoms with Crippen LogP contribution < -0.4 is 24.4 Å². The fraction of sp³-hybridized carbons (Fsp3) is 0.286. The number of fused-ring (bicyclic) bond motifs is 1. The number of ether oxygens (including phenoxy) is 3. The summed E-state index contributed by atoms with van der Waals surface area (Å²) in [7, 11) is 2.01. The maximum Gasteiger partial charge on any atom is 0.282 e. The summed E-state index contributed by atoms with van der Waals surface area (Å²) < 4.78 is 16.1. The zero-order valence-electron chi connectivity index (χ0n) is 15.7. The number of rotatable bonds is 8. The highest BCUT2D eigenvalue weighted by atomic mass is 16.7. The summed E-state index contributed by atoms with van der Waals surface area (Å²) in [6.07, 6.45) is 1.71. The molecule has 1 amide bonds. The Labute approximate surface area is 159 Å². The van der Waals surface area contributed by atoms with Crippen molar-refractivity contribution in [2.45, 2.75) is 19.5 Å². The minimum absolute atomic E-state index is 0.0442. The van der Waals surface area contributed by atoms with Crippen molar-refractivity contribution in [1.29, 1.82) is 0 Å². The summed E-state index contributed by atoms with van der Waals surface area (Å²) in [5, 5.41) is 2.95. The van der Waals surface area contributed by atoms with Crippen molar-refractivity contribution in [1.82, 2.24) is 0 Å². The van der Waals surface area contributed by atoms with E-state index in [1.165, 1.54) is 0 Å². The molecule has 3 rings (SSSR count). The van der Waals surface area contributed by atoms with Crippen molar-refractivity contribution in [2.24, 2.45) is 0 Å². The monoisotopic (exact) mass is 369 g/mol. The van der Waals surface area contributed by atoms with Gasteiger partial charge >= 0.3 is 0 Å². The summed E-state index contributed by atoms with van der Waals surface area (Å²) in [6.45, 7) is 6.99. The first-order chi connectivity index (χ1) is 13.1. The van der Waals surface area contributed by atoms with E-state index in [-0.39, 0.29) is 18.7 Å². The predicted molar refractivity (Wildman–Crippen MR) is 103 cm³/mol. The molecule has 2 aromatic carbocycles. The Bertz CT molecular complexity index is 804. The van der Waals surface area contributed by atoms with Crippen LogP contribution in [0.3, 0.4) is 0 Å². The van der Waals surface area contributed by atoms with Gasteiger partial charge in [0.1, 0.15) is 18.9 Å². The maximum atomic E-state index is 12.6. The minimum Gasteiger partial charge on any atom is -0.490 e. The molecule has 0 saturated heterocycles. The van der Waals surface area contributed by atoms with Crippen LogP contribution in [-0.2, 0) is 11.3 Å². The molecule has 1 aliphatic rings. The third-order valence-corrected chi connectivity index (χ3v) is 4.55. The lowest BCUT2D eigenvalue weighted by Gasteiger charge is -2.21. The van der Waals surface area contributed by atoms with Crippen LogP contribution in [0.5, 0.6) is 17.2 Å². The molecule has 6 heteroatoms. The lowest BCUT2D eigenvalue weighted by Crippen LogP contribution is -3.12. The normalized spacial score (nSPS) is 14.3. The van der Waals surface area contributed by atoms with E-state index < -0.39 is 0 Å². The lowest BCUT2D eigenvalue weighted by atomic mass is 10.1. The molecule has 2 aromatic rings. The molecule has 1 unspecified atom stereocenters. The maximum absolute atomic E-state index is 12.6. The van der Waals surface area contributed by atoms with Crippen LogP contribution in [0.15, 0.2) is 55.1 Å². The van der Waals surface area contributed by atoms with Gasteiger partial charge in [-0.25, -0.2) is 0 Å². The van der Waals surface area contributed by atoms with Gasteiger partial charge in [0.2, 0.25) is 6.79 Å². The molecule has 0 aliphatic carbocycles. The molecule has 27 heavy (non-hydrogen) atoms.